The first-order valence-electron chi connectivity index (χ1n) is 12.1. The Bertz CT molecular complexity index is 1200. The number of fused-ring (bicyclic) bond motifs is 1. The van der Waals surface area contributed by atoms with Crippen molar-refractivity contribution in [1.29, 1.82) is 0 Å². The van der Waals surface area contributed by atoms with Gasteiger partial charge in [-0.2, -0.15) is 0 Å². The van der Waals surface area contributed by atoms with Gasteiger partial charge in [-0.1, -0.05) is 18.2 Å². The van der Waals surface area contributed by atoms with Crippen molar-refractivity contribution >= 4 is 23.4 Å². The lowest BCUT2D eigenvalue weighted by Gasteiger charge is -2.40. The summed E-state index contributed by atoms with van der Waals surface area (Å²) < 4.78 is 16.0. The Morgan fingerprint density at radius 1 is 1.00 bits per heavy atom. The maximum atomic E-state index is 14.2. The molecule has 0 spiro atoms. The largest absolute Gasteiger partial charge is 0.497 e. The summed E-state index contributed by atoms with van der Waals surface area (Å²) in [5, 5.41) is 0. The molecule has 0 saturated heterocycles. The van der Waals surface area contributed by atoms with Crippen LogP contribution in [-0.2, 0) is 23.9 Å². The third-order valence-corrected chi connectivity index (χ3v) is 6.74. The number of nitrogens with zero attached hydrogens (tertiary/aromatic N) is 2. The summed E-state index contributed by atoms with van der Waals surface area (Å²) in [5.41, 5.74) is 2.78. The van der Waals surface area contributed by atoms with Crippen molar-refractivity contribution in [2.45, 2.75) is 39.0 Å². The summed E-state index contributed by atoms with van der Waals surface area (Å²) in [5.74, 6) is -3.81. The van der Waals surface area contributed by atoms with E-state index in [9.17, 15) is 14.4 Å². The smallest absolute Gasteiger partial charge is 0.336 e. The van der Waals surface area contributed by atoms with Gasteiger partial charge in [-0.3, -0.25) is 19.6 Å². The first kappa shape index (κ1) is 25.3. The predicted octanol–water partition coefficient (Wildman–Crippen LogP) is 4.02. The summed E-state index contributed by atoms with van der Waals surface area (Å²) in [6, 6.07) is 12.7. The molecule has 4 atom stereocenters. The Balaban J connectivity index is 1.86. The Hall–Kier alpha value is -3.81. The van der Waals surface area contributed by atoms with Crippen LogP contribution in [0.2, 0.25) is 0 Å². The molecule has 1 aliphatic carbocycles. The van der Waals surface area contributed by atoms with Gasteiger partial charge >= 0.3 is 11.9 Å². The third-order valence-electron chi connectivity index (χ3n) is 6.74. The molecule has 36 heavy (non-hydrogen) atoms. The van der Waals surface area contributed by atoms with Gasteiger partial charge in [0.05, 0.1) is 37.7 Å². The standard InChI is InChI=1S/C28H30N2O6/c1-5-35-27(32)22-16(3)30-21-15-19(17-10-12-18(34-4)13-11-17)23(28(33)36-6-2)26(31)25(21)24(22)20-9-7-8-14-29-20/h7-14,19,23-25H,5-6,15H2,1-4H3/t19-,23-,24+,25?/m0/s1. The molecule has 1 fully saturated rings. The minimum atomic E-state index is -1.05. The first-order chi connectivity index (χ1) is 17.4. The zero-order valence-corrected chi connectivity index (χ0v) is 20.9. The number of hydrogen-bond donors (Lipinski definition) is 0. The van der Waals surface area contributed by atoms with Crippen LogP contribution in [0.3, 0.4) is 0 Å². The topological polar surface area (TPSA) is 104 Å². The van der Waals surface area contributed by atoms with Crippen molar-refractivity contribution < 1.29 is 28.6 Å². The highest BCUT2D eigenvalue weighted by atomic mass is 16.5. The highest BCUT2D eigenvalue weighted by molar-refractivity contribution is 6.17. The van der Waals surface area contributed by atoms with Crippen LogP contribution in [-0.4, -0.2) is 48.7 Å². The number of carbonyl (C=O) groups excluding carboxylic acids is 3. The second-order valence-corrected chi connectivity index (χ2v) is 8.75. The molecule has 1 saturated carbocycles. The number of benzene rings is 1. The van der Waals surface area contributed by atoms with E-state index < -0.39 is 35.6 Å². The van der Waals surface area contributed by atoms with E-state index in [4.69, 9.17) is 19.2 Å². The predicted molar refractivity (Wildman–Crippen MR) is 133 cm³/mol. The van der Waals surface area contributed by atoms with Crippen LogP contribution < -0.4 is 4.74 Å². The van der Waals surface area contributed by atoms with Crippen LogP contribution in [0.1, 0.15) is 50.3 Å². The van der Waals surface area contributed by atoms with Crippen LogP contribution in [0.15, 0.2) is 64.9 Å². The van der Waals surface area contributed by atoms with E-state index in [2.05, 4.69) is 4.98 Å². The molecule has 4 rings (SSSR count). The molecule has 8 heteroatoms. The van der Waals surface area contributed by atoms with Gasteiger partial charge in [0.1, 0.15) is 11.7 Å². The normalized spacial score (nSPS) is 23.4. The zero-order valence-electron chi connectivity index (χ0n) is 20.9. The van der Waals surface area contributed by atoms with Crippen molar-refractivity contribution in [1.82, 2.24) is 4.98 Å². The lowest BCUT2D eigenvalue weighted by Crippen LogP contribution is -2.49. The first-order valence-corrected chi connectivity index (χ1v) is 12.1. The van der Waals surface area contributed by atoms with Crippen LogP contribution in [0.25, 0.3) is 0 Å². The minimum absolute atomic E-state index is 0.153. The van der Waals surface area contributed by atoms with Crippen molar-refractivity contribution in [3.8, 4) is 5.75 Å². The maximum absolute atomic E-state index is 14.2. The summed E-state index contributed by atoms with van der Waals surface area (Å²) in [7, 11) is 1.58. The molecule has 2 aliphatic rings. The molecule has 0 bridgehead atoms. The quantitative estimate of drug-likeness (QED) is 0.426. The number of rotatable bonds is 7. The van der Waals surface area contributed by atoms with Crippen LogP contribution in [0, 0.1) is 11.8 Å². The number of allylic oxidation sites excluding steroid dienone is 1. The fourth-order valence-electron chi connectivity index (χ4n) is 5.20. The molecule has 188 valence electrons. The molecule has 1 unspecified atom stereocenters. The lowest BCUT2D eigenvalue weighted by molar-refractivity contribution is -0.153. The fourth-order valence-corrected chi connectivity index (χ4v) is 5.20. The molecule has 1 aromatic heterocycles. The van der Waals surface area contributed by atoms with Gasteiger partial charge in [-0.05, 0) is 57.0 Å². The van der Waals surface area contributed by atoms with Crippen LogP contribution >= 0.6 is 0 Å². The average Bonchev–Trinajstić information content (AvgIpc) is 2.88. The van der Waals surface area contributed by atoms with Crippen LogP contribution in [0.5, 0.6) is 5.75 Å². The number of ketones is 1. The van der Waals surface area contributed by atoms with Gasteiger partial charge < -0.3 is 14.2 Å². The summed E-state index contributed by atoms with van der Waals surface area (Å²) in [6.45, 7) is 5.52. The third kappa shape index (κ3) is 4.67. The Morgan fingerprint density at radius 3 is 2.33 bits per heavy atom. The average molecular weight is 491 g/mol. The second-order valence-electron chi connectivity index (χ2n) is 8.75. The Labute approximate surface area is 210 Å². The molecule has 8 nitrogen and oxygen atoms in total. The molecule has 0 radical (unpaired) electrons. The number of esters is 2. The number of ether oxygens (including phenoxy) is 3. The van der Waals surface area contributed by atoms with Gasteiger partial charge in [0.2, 0.25) is 0 Å². The van der Waals surface area contributed by atoms with Crippen molar-refractivity contribution in [2.24, 2.45) is 16.8 Å². The van der Waals surface area contributed by atoms with E-state index in [1.54, 1.807) is 58.3 Å². The van der Waals surface area contributed by atoms with Crippen molar-refractivity contribution in [2.75, 3.05) is 20.3 Å². The van der Waals surface area contributed by atoms with Crippen molar-refractivity contribution in [3.05, 3.63) is 71.2 Å². The van der Waals surface area contributed by atoms with Gasteiger partial charge in [0, 0.05) is 29.2 Å². The fraction of sp³-hybridized carbons (Fsp3) is 0.393. The molecule has 0 amide bonds. The van der Waals surface area contributed by atoms with E-state index in [-0.39, 0.29) is 19.0 Å². The molecular formula is C28H30N2O6. The SMILES string of the molecule is CCOC(=O)C1=C(C)N=C2C[C@@H](c3ccc(OC)cc3)[C@H](C(=O)OCC)C(=O)C2[C@@H]1c1ccccn1. The van der Waals surface area contributed by atoms with Gasteiger partial charge in [-0.25, -0.2) is 4.79 Å². The molecular weight excluding hydrogens is 460 g/mol. The Morgan fingerprint density at radius 2 is 1.72 bits per heavy atom. The number of methoxy groups -OCH3 is 1. The minimum Gasteiger partial charge on any atom is -0.497 e. The highest BCUT2D eigenvalue weighted by Gasteiger charge is 2.53. The summed E-state index contributed by atoms with van der Waals surface area (Å²) >= 11 is 0. The second kappa shape index (κ2) is 10.8. The van der Waals surface area contributed by atoms with Crippen LogP contribution in [0.4, 0.5) is 0 Å². The highest BCUT2D eigenvalue weighted by Crippen LogP contribution is 2.48. The number of carbonyl (C=O) groups is 3. The van der Waals surface area contributed by atoms with E-state index in [0.717, 1.165) is 5.56 Å². The van der Waals surface area contributed by atoms with Gasteiger partial charge in [0.25, 0.3) is 0 Å². The zero-order chi connectivity index (χ0) is 25.8. The summed E-state index contributed by atoms with van der Waals surface area (Å²) in [6.07, 6.45) is 1.98. The Kier molecular flexibility index (Phi) is 7.62. The van der Waals surface area contributed by atoms with E-state index in [1.807, 2.05) is 18.2 Å². The number of aliphatic imine (C=N–C) groups is 1. The molecule has 2 heterocycles. The van der Waals surface area contributed by atoms with E-state index in [0.29, 0.717) is 34.8 Å². The molecule has 1 aliphatic heterocycles. The monoisotopic (exact) mass is 490 g/mol. The number of Topliss-reactive ketones (excluding diaryl/α,β-unsaturated/α-hetero) is 1. The summed E-state index contributed by atoms with van der Waals surface area (Å²) in [4.78, 5) is 49.6. The van der Waals surface area contributed by atoms with Gasteiger partial charge in [0.15, 0.2) is 5.78 Å². The number of pyridine rings is 1. The number of aromatic nitrogens is 1. The number of hydrogen-bond acceptors (Lipinski definition) is 8. The molecule has 1 aromatic carbocycles. The van der Waals surface area contributed by atoms with E-state index >= 15 is 0 Å². The molecule has 0 N–H and O–H groups in total. The molecule has 2 aromatic rings. The van der Waals surface area contributed by atoms with E-state index in [1.165, 1.54) is 0 Å². The van der Waals surface area contributed by atoms with Gasteiger partial charge in [-0.15, -0.1) is 0 Å². The van der Waals surface area contributed by atoms with Crippen molar-refractivity contribution in [3.63, 3.8) is 0 Å². The lowest BCUT2D eigenvalue weighted by atomic mass is 9.62. The maximum Gasteiger partial charge on any atom is 0.336 e.